The number of fused-ring (bicyclic) bond motifs is 1. The maximum atomic E-state index is 12.0. The summed E-state index contributed by atoms with van der Waals surface area (Å²) in [5.74, 6) is 0.982. The number of hydrogen-bond acceptors (Lipinski definition) is 8. The van der Waals surface area contributed by atoms with Gasteiger partial charge in [0.2, 0.25) is 5.95 Å². The third-order valence-corrected chi connectivity index (χ3v) is 9.66. The summed E-state index contributed by atoms with van der Waals surface area (Å²) in [7, 11) is 2.16. The Balaban J connectivity index is 1.30. The van der Waals surface area contributed by atoms with Crippen LogP contribution in [0.3, 0.4) is 0 Å². The Bertz CT molecular complexity index is 1500. The minimum Gasteiger partial charge on any atom is -0.481 e. The molecule has 9 heteroatoms. The van der Waals surface area contributed by atoms with Crippen molar-refractivity contribution in [2.24, 2.45) is 5.41 Å². The number of carbonyl (C=O) groups is 1. The molecule has 0 amide bonds. The van der Waals surface area contributed by atoms with Gasteiger partial charge in [-0.1, -0.05) is 32.0 Å². The highest BCUT2D eigenvalue weighted by Crippen LogP contribution is 2.42. The van der Waals surface area contributed by atoms with Crippen LogP contribution in [0.1, 0.15) is 54.8 Å². The number of carboxylic acid groups (broad SMARTS) is 1. The molecule has 0 unspecified atom stereocenters. The number of piperazine rings is 1. The van der Waals surface area contributed by atoms with Gasteiger partial charge in [0.15, 0.2) is 0 Å². The number of likely N-dealkylation sites (N-methyl/N-ethyl adjacent to an activating group) is 1. The fourth-order valence-corrected chi connectivity index (χ4v) is 6.84. The molecule has 1 N–H and O–H groups in total. The zero-order chi connectivity index (χ0) is 30.3. The third-order valence-electron chi connectivity index (χ3n) is 9.66. The first-order chi connectivity index (χ1) is 20.6. The topological polar surface area (TPSA) is 88.9 Å². The summed E-state index contributed by atoms with van der Waals surface area (Å²) in [5, 5.41) is 9.84. The molecule has 1 aromatic carbocycles. The summed E-state index contributed by atoms with van der Waals surface area (Å²) < 4.78 is 0. The molecule has 3 aromatic rings. The van der Waals surface area contributed by atoms with Crippen molar-refractivity contribution in [1.29, 1.82) is 0 Å². The van der Waals surface area contributed by atoms with Crippen molar-refractivity contribution >= 4 is 23.4 Å². The van der Waals surface area contributed by atoms with Gasteiger partial charge in [-0.2, -0.15) is 4.98 Å². The van der Waals surface area contributed by atoms with Crippen LogP contribution in [0.2, 0.25) is 0 Å². The van der Waals surface area contributed by atoms with Crippen molar-refractivity contribution in [2.75, 3.05) is 67.6 Å². The van der Waals surface area contributed by atoms with Crippen molar-refractivity contribution in [1.82, 2.24) is 19.9 Å². The third kappa shape index (κ3) is 6.18. The second-order valence-corrected chi connectivity index (χ2v) is 13.4. The minimum atomic E-state index is -0.815. The van der Waals surface area contributed by atoms with Crippen molar-refractivity contribution in [3.05, 3.63) is 58.5 Å². The average Bonchev–Trinajstić information content (AvgIpc) is 2.98. The number of piperidine rings is 1. The fraction of sp³-hybridized carbons (Fsp3) is 0.529. The molecule has 3 aliphatic rings. The highest BCUT2D eigenvalue weighted by molar-refractivity contribution is 5.86. The molecule has 2 aromatic heterocycles. The van der Waals surface area contributed by atoms with Gasteiger partial charge in [-0.25, -0.2) is 4.98 Å². The van der Waals surface area contributed by atoms with Gasteiger partial charge in [0, 0.05) is 81.1 Å². The van der Waals surface area contributed by atoms with Crippen LogP contribution in [0, 0.1) is 19.3 Å². The maximum Gasteiger partial charge on any atom is 0.307 e. The number of benzene rings is 1. The number of rotatable bonds is 6. The second-order valence-electron chi connectivity index (χ2n) is 13.4. The van der Waals surface area contributed by atoms with Gasteiger partial charge in [0.05, 0.1) is 12.1 Å². The van der Waals surface area contributed by atoms with E-state index in [0.29, 0.717) is 5.41 Å². The first-order valence-corrected chi connectivity index (χ1v) is 15.7. The Labute approximate surface area is 255 Å². The molecule has 9 nitrogen and oxygen atoms in total. The van der Waals surface area contributed by atoms with Gasteiger partial charge in [-0.15, -0.1) is 0 Å². The van der Waals surface area contributed by atoms with Crippen LogP contribution in [0.5, 0.6) is 0 Å². The summed E-state index contributed by atoms with van der Waals surface area (Å²) >= 11 is 0. The number of hydrogen-bond donors (Lipinski definition) is 1. The molecule has 0 atom stereocenters. The van der Waals surface area contributed by atoms with E-state index in [4.69, 9.17) is 9.97 Å². The van der Waals surface area contributed by atoms with E-state index in [2.05, 4.69) is 70.6 Å². The Morgan fingerprint density at radius 1 is 0.884 bits per heavy atom. The van der Waals surface area contributed by atoms with Crippen molar-refractivity contribution in [3.63, 3.8) is 0 Å². The van der Waals surface area contributed by atoms with Crippen LogP contribution in [0.15, 0.2) is 30.5 Å². The number of aromatic nitrogens is 3. The Hall–Kier alpha value is -3.72. The van der Waals surface area contributed by atoms with E-state index in [1.165, 1.54) is 11.1 Å². The van der Waals surface area contributed by atoms with Gasteiger partial charge < -0.3 is 24.7 Å². The van der Waals surface area contributed by atoms with Crippen LogP contribution in [0.25, 0.3) is 11.1 Å². The molecule has 6 rings (SSSR count). The summed E-state index contributed by atoms with van der Waals surface area (Å²) in [6, 6.07) is 8.80. The smallest absolute Gasteiger partial charge is 0.307 e. The molecule has 228 valence electrons. The van der Waals surface area contributed by atoms with Crippen molar-refractivity contribution in [3.8, 4) is 11.1 Å². The van der Waals surface area contributed by atoms with Crippen LogP contribution in [-0.2, 0) is 24.2 Å². The van der Waals surface area contributed by atoms with Gasteiger partial charge >= 0.3 is 5.97 Å². The predicted molar refractivity (Wildman–Crippen MR) is 172 cm³/mol. The molecule has 0 radical (unpaired) electrons. The molecular weight excluding hydrogens is 538 g/mol. The normalized spacial score (nSPS) is 19.0. The Morgan fingerprint density at radius 3 is 2.35 bits per heavy atom. The molecule has 0 saturated carbocycles. The lowest BCUT2D eigenvalue weighted by Crippen LogP contribution is -2.45. The first kappa shape index (κ1) is 29.4. The molecule has 0 spiro atoms. The standard InChI is InChI=1S/C34H45N7O2/c1-23-28(21-30(42)43)32(39-14-10-34(3,4)11-15-39)31(24(2)36-23)26-6-7-27-22-41(13-9-25(27)20-26)29-8-12-35-33(37-29)40-18-16-38(5)17-19-40/h6-8,12,20H,9-11,13-19,21-22H2,1-5H3,(H,42,43). The quantitative estimate of drug-likeness (QED) is 0.443. The van der Waals surface area contributed by atoms with Crippen LogP contribution < -0.4 is 14.7 Å². The van der Waals surface area contributed by atoms with E-state index in [9.17, 15) is 9.90 Å². The van der Waals surface area contributed by atoms with Gasteiger partial charge in [-0.3, -0.25) is 9.78 Å². The molecule has 0 aliphatic carbocycles. The average molecular weight is 584 g/mol. The zero-order valence-electron chi connectivity index (χ0n) is 26.4. The number of aryl methyl sites for hydroxylation is 2. The van der Waals surface area contributed by atoms with Crippen LogP contribution >= 0.6 is 0 Å². The highest BCUT2D eigenvalue weighted by Gasteiger charge is 2.31. The molecular formula is C34H45N7O2. The number of pyridine rings is 1. The summed E-state index contributed by atoms with van der Waals surface area (Å²) in [6.45, 7) is 16.2. The van der Waals surface area contributed by atoms with Crippen molar-refractivity contribution < 1.29 is 9.90 Å². The van der Waals surface area contributed by atoms with Crippen LogP contribution in [-0.4, -0.2) is 83.8 Å². The van der Waals surface area contributed by atoms with Gasteiger partial charge in [-0.05, 0) is 68.3 Å². The monoisotopic (exact) mass is 583 g/mol. The van der Waals surface area contributed by atoms with E-state index in [0.717, 1.165) is 117 Å². The number of carboxylic acids is 1. The van der Waals surface area contributed by atoms with Gasteiger partial charge in [0.1, 0.15) is 5.82 Å². The van der Waals surface area contributed by atoms with E-state index < -0.39 is 5.97 Å². The highest BCUT2D eigenvalue weighted by atomic mass is 16.4. The SMILES string of the molecule is Cc1nc(C)c(-c2ccc3c(c2)CCN(c2ccnc(N4CCN(C)CC4)n2)C3)c(N2CCC(C)(C)CC2)c1CC(=O)O. The zero-order valence-corrected chi connectivity index (χ0v) is 26.4. The summed E-state index contributed by atoms with van der Waals surface area (Å²) in [6.07, 6.45) is 4.96. The van der Waals surface area contributed by atoms with E-state index in [1.54, 1.807) is 0 Å². The van der Waals surface area contributed by atoms with Crippen LogP contribution in [0.4, 0.5) is 17.5 Å². The lowest BCUT2D eigenvalue weighted by molar-refractivity contribution is -0.136. The Morgan fingerprint density at radius 2 is 1.63 bits per heavy atom. The van der Waals surface area contributed by atoms with E-state index >= 15 is 0 Å². The molecule has 2 saturated heterocycles. The minimum absolute atomic E-state index is 0.0176. The number of anilines is 3. The lowest BCUT2D eigenvalue weighted by Gasteiger charge is -2.40. The number of aliphatic carboxylic acids is 1. The molecule has 2 fully saturated rings. The number of nitrogens with zero attached hydrogens (tertiary/aromatic N) is 7. The second kappa shape index (κ2) is 11.8. The fourth-order valence-electron chi connectivity index (χ4n) is 6.84. The first-order valence-electron chi connectivity index (χ1n) is 15.7. The molecule has 43 heavy (non-hydrogen) atoms. The molecule has 5 heterocycles. The van der Waals surface area contributed by atoms with E-state index in [1.807, 2.05) is 19.2 Å². The predicted octanol–water partition coefficient (Wildman–Crippen LogP) is 4.72. The van der Waals surface area contributed by atoms with E-state index in [-0.39, 0.29) is 6.42 Å². The lowest BCUT2D eigenvalue weighted by atomic mass is 9.82. The molecule has 0 bridgehead atoms. The van der Waals surface area contributed by atoms with Gasteiger partial charge in [0.25, 0.3) is 0 Å². The summed E-state index contributed by atoms with van der Waals surface area (Å²) in [4.78, 5) is 35.8. The van der Waals surface area contributed by atoms with Crippen molar-refractivity contribution in [2.45, 2.75) is 59.9 Å². The summed E-state index contributed by atoms with van der Waals surface area (Å²) in [5.41, 5.74) is 8.84. The Kier molecular flexibility index (Phi) is 8.02. The maximum absolute atomic E-state index is 12.0. The largest absolute Gasteiger partial charge is 0.481 e. The molecule has 3 aliphatic heterocycles.